The molecule has 0 aliphatic rings. The lowest BCUT2D eigenvalue weighted by atomic mass is 10.2. The summed E-state index contributed by atoms with van der Waals surface area (Å²) >= 11 is 0. The summed E-state index contributed by atoms with van der Waals surface area (Å²) in [5.74, 6) is -3.13. The highest BCUT2D eigenvalue weighted by atomic mass is 19.1. The second-order valence-electron chi connectivity index (χ2n) is 6.66. The number of aliphatic hydroxyl groups excluding tert-OH is 1. The molecule has 0 spiro atoms. The highest BCUT2D eigenvalue weighted by Gasteiger charge is 2.21. The van der Waals surface area contributed by atoms with Crippen molar-refractivity contribution in [3.8, 4) is 22.9 Å². The Bertz CT molecular complexity index is 1240. The molecule has 1 aromatic carbocycles. The summed E-state index contributed by atoms with van der Waals surface area (Å²) in [7, 11) is 0. The Morgan fingerprint density at radius 1 is 1.19 bits per heavy atom. The molecule has 4 aromatic rings. The molecular weight excluding hydrogens is 426 g/mol. The maximum Gasteiger partial charge on any atom is 0.328 e. The normalized spacial score (nSPS) is 12.0. The lowest BCUT2D eigenvalue weighted by molar-refractivity contribution is -0.138. The van der Waals surface area contributed by atoms with Gasteiger partial charge in [0.25, 0.3) is 0 Å². The van der Waals surface area contributed by atoms with E-state index < -0.39 is 36.1 Å². The topological polar surface area (TPSA) is 139 Å². The summed E-state index contributed by atoms with van der Waals surface area (Å²) in [5.41, 5.74) is 1.48. The summed E-state index contributed by atoms with van der Waals surface area (Å²) in [4.78, 5) is 19.1. The zero-order valence-electron chi connectivity index (χ0n) is 16.3. The van der Waals surface area contributed by atoms with Crippen LogP contribution in [0.25, 0.3) is 22.9 Å². The van der Waals surface area contributed by atoms with Crippen LogP contribution in [0.2, 0.25) is 0 Å². The van der Waals surface area contributed by atoms with Gasteiger partial charge in [0.2, 0.25) is 0 Å². The third-order valence-electron chi connectivity index (χ3n) is 4.52. The molecular formula is C20H16F2N6O4. The van der Waals surface area contributed by atoms with Crippen LogP contribution < -0.4 is 5.32 Å². The summed E-state index contributed by atoms with van der Waals surface area (Å²) < 4.78 is 34.7. The Morgan fingerprint density at radius 3 is 2.69 bits per heavy atom. The van der Waals surface area contributed by atoms with E-state index in [1.807, 2.05) is 0 Å². The van der Waals surface area contributed by atoms with Crippen LogP contribution in [-0.2, 0) is 11.3 Å². The lowest BCUT2D eigenvalue weighted by Gasteiger charge is -2.12. The number of rotatable bonds is 8. The Morgan fingerprint density at radius 2 is 2.00 bits per heavy atom. The molecule has 10 nitrogen and oxygen atoms in total. The van der Waals surface area contributed by atoms with Crippen molar-refractivity contribution in [2.24, 2.45) is 0 Å². The first-order valence-electron chi connectivity index (χ1n) is 9.31. The molecule has 0 amide bonds. The van der Waals surface area contributed by atoms with E-state index in [4.69, 9.17) is 9.63 Å². The molecule has 0 radical (unpaired) electrons. The van der Waals surface area contributed by atoms with Crippen molar-refractivity contribution in [3.63, 3.8) is 0 Å². The van der Waals surface area contributed by atoms with E-state index in [-0.39, 0.29) is 18.1 Å². The number of aliphatic hydroxyl groups is 1. The standard InChI is InChI=1S/C20H16F2N6O4/c21-12-4-2-1-3-11(12)9-28-17(14-5-6-32-27-14)7-15(26-28)19-23-8-13(22)18(25-19)24-16(10-29)20(30)31/h1-8,16,29H,9-10H2,(H,30,31)(H,23,24,25)/t16-/m1/s1. The van der Waals surface area contributed by atoms with Gasteiger partial charge in [0, 0.05) is 11.6 Å². The van der Waals surface area contributed by atoms with Gasteiger partial charge >= 0.3 is 5.97 Å². The maximum absolute atomic E-state index is 14.2. The van der Waals surface area contributed by atoms with Crippen LogP contribution in [0.3, 0.4) is 0 Å². The first kappa shape index (κ1) is 21.1. The van der Waals surface area contributed by atoms with Crippen LogP contribution in [0, 0.1) is 11.6 Å². The predicted molar refractivity (Wildman–Crippen MR) is 106 cm³/mol. The van der Waals surface area contributed by atoms with Gasteiger partial charge < -0.3 is 20.1 Å². The lowest BCUT2D eigenvalue weighted by Crippen LogP contribution is -2.33. The molecule has 32 heavy (non-hydrogen) atoms. The van der Waals surface area contributed by atoms with E-state index >= 15 is 0 Å². The number of carbonyl (C=O) groups is 1. The number of halogens is 2. The molecule has 3 heterocycles. The average Bonchev–Trinajstić information content (AvgIpc) is 3.44. The fourth-order valence-electron chi connectivity index (χ4n) is 2.93. The molecule has 0 bridgehead atoms. The number of carboxylic acid groups (broad SMARTS) is 1. The van der Waals surface area contributed by atoms with Gasteiger partial charge in [0.15, 0.2) is 17.5 Å². The molecule has 0 saturated heterocycles. The van der Waals surface area contributed by atoms with Gasteiger partial charge in [0.05, 0.1) is 25.0 Å². The number of aliphatic carboxylic acids is 1. The Labute approximate surface area is 179 Å². The van der Waals surface area contributed by atoms with E-state index in [1.54, 1.807) is 30.3 Å². The first-order chi connectivity index (χ1) is 15.5. The fourth-order valence-corrected chi connectivity index (χ4v) is 2.93. The smallest absolute Gasteiger partial charge is 0.328 e. The molecule has 3 N–H and O–H groups in total. The predicted octanol–water partition coefficient (Wildman–Crippen LogP) is 2.18. The third-order valence-corrected chi connectivity index (χ3v) is 4.52. The number of aromatic nitrogens is 5. The zero-order valence-corrected chi connectivity index (χ0v) is 16.3. The number of carboxylic acids is 1. The number of anilines is 1. The van der Waals surface area contributed by atoms with Crippen molar-refractivity contribution in [1.82, 2.24) is 24.9 Å². The van der Waals surface area contributed by atoms with Gasteiger partial charge in [-0.25, -0.2) is 23.5 Å². The highest BCUT2D eigenvalue weighted by Crippen LogP contribution is 2.26. The van der Waals surface area contributed by atoms with Crippen LogP contribution in [0.1, 0.15) is 5.56 Å². The van der Waals surface area contributed by atoms with Crippen molar-refractivity contribution in [3.05, 3.63) is 66.1 Å². The Hall–Kier alpha value is -4.19. The SMILES string of the molecule is O=C(O)[C@@H](CO)Nc1nc(-c2cc(-c3ccon3)n(Cc3ccccc3F)n2)ncc1F. The highest BCUT2D eigenvalue weighted by molar-refractivity contribution is 5.77. The first-order valence-corrected chi connectivity index (χ1v) is 9.31. The van der Waals surface area contributed by atoms with Gasteiger partial charge in [-0.05, 0) is 12.1 Å². The van der Waals surface area contributed by atoms with E-state index in [9.17, 15) is 18.7 Å². The van der Waals surface area contributed by atoms with E-state index in [0.29, 0.717) is 17.0 Å². The Kier molecular flexibility index (Phi) is 5.85. The van der Waals surface area contributed by atoms with Crippen molar-refractivity contribution in [1.29, 1.82) is 0 Å². The van der Waals surface area contributed by atoms with Crippen molar-refractivity contribution in [2.45, 2.75) is 12.6 Å². The third kappa shape index (κ3) is 4.30. The minimum absolute atomic E-state index is 0.0204. The van der Waals surface area contributed by atoms with Gasteiger partial charge in [-0.3, -0.25) is 4.68 Å². The van der Waals surface area contributed by atoms with Crippen LogP contribution in [-0.4, -0.2) is 53.7 Å². The second-order valence-corrected chi connectivity index (χ2v) is 6.66. The molecule has 0 saturated carbocycles. The average molecular weight is 442 g/mol. The van der Waals surface area contributed by atoms with Crippen LogP contribution in [0.5, 0.6) is 0 Å². The molecule has 12 heteroatoms. The largest absolute Gasteiger partial charge is 0.480 e. The summed E-state index contributed by atoms with van der Waals surface area (Å²) in [5, 5.41) is 28.8. The molecule has 0 fully saturated rings. The van der Waals surface area contributed by atoms with Gasteiger partial charge in [-0.1, -0.05) is 23.4 Å². The van der Waals surface area contributed by atoms with Crippen molar-refractivity contribution >= 4 is 11.8 Å². The Balaban J connectivity index is 1.74. The monoisotopic (exact) mass is 442 g/mol. The van der Waals surface area contributed by atoms with Gasteiger partial charge in [-0.2, -0.15) is 5.10 Å². The van der Waals surface area contributed by atoms with E-state index in [2.05, 4.69) is 25.5 Å². The number of benzene rings is 1. The minimum atomic E-state index is -1.46. The number of nitrogens with zero attached hydrogens (tertiary/aromatic N) is 5. The van der Waals surface area contributed by atoms with Crippen molar-refractivity contribution < 1.29 is 28.3 Å². The fraction of sp³-hybridized carbons (Fsp3) is 0.150. The number of hydrogen-bond acceptors (Lipinski definition) is 8. The number of nitrogens with one attached hydrogen (secondary N) is 1. The summed E-state index contributed by atoms with van der Waals surface area (Å²) in [6.45, 7) is -0.714. The molecule has 1 atom stereocenters. The van der Waals surface area contributed by atoms with Crippen LogP contribution >= 0.6 is 0 Å². The molecule has 0 aliphatic heterocycles. The maximum atomic E-state index is 14.2. The van der Waals surface area contributed by atoms with Crippen molar-refractivity contribution in [2.75, 3.05) is 11.9 Å². The molecule has 0 aliphatic carbocycles. The molecule has 3 aromatic heterocycles. The second kappa shape index (κ2) is 8.89. The summed E-state index contributed by atoms with van der Waals surface area (Å²) in [6, 6.07) is 7.91. The van der Waals surface area contributed by atoms with Crippen LogP contribution in [0.15, 0.2) is 53.4 Å². The van der Waals surface area contributed by atoms with Gasteiger partial charge in [-0.15, -0.1) is 0 Å². The molecule has 164 valence electrons. The zero-order chi connectivity index (χ0) is 22.7. The minimum Gasteiger partial charge on any atom is -0.480 e. The van der Waals surface area contributed by atoms with Crippen LogP contribution in [0.4, 0.5) is 14.6 Å². The van der Waals surface area contributed by atoms with E-state index in [1.165, 1.54) is 17.0 Å². The summed E-state index contributed by atoms with van der Waals surface area (Å²) in [6.07, 6.45) is 2.22. The quantitative estimate of drug-likeness (QED) is 0.375. The molecule has 0 unspecified atom stereocenters. The molecule has 4 rings (SSSR count). The number of hydrogen-bond donors (Lipinski definition) is 3. The van der Waals surface area contributed by atoms with Gasteiger partial charge in [0.1, 0.15) is 29.5 Å². The van der Waals surface area contributed by atoms with E-state index in [0.717, 1.165) is 6.20 Å².